The number of carboxylic acid groups (broad SMARTS) is 1. The molecule has 1 N–H and O–H groups in total. The summed E-state index contributed by atoms with van der Waals surface area (Å²) in [7, 11) is 0. The molecule has 0 bridgehead atoms. The highest BCUT2D eigenvalue weighted by molar-refractivity contribution is 5.70. The van der Waals surface area contributed by atoms with E-state index in [0.717, 1.165) is 0 Å². The maximum absolute atomic E-state index is 11.8. The van der Waals surface area contributed by atoms with Crippen molar-refractivity contribution < 1.29 is 14.6 Å². The van der Waals surface area contributed by atoms with Crippen LogP contribution in [0.2, 0.25) is 0 Å². The lowest BCUT2D eigenvalue weighted by atomic mass is 10.1. The molecule has 0 aromatic carbocycles. The number of hydrogen-bond donors (Lipinski definition) is 1. The van der Waals surface area contributed by atoms with E-state index in [1.165, 1.54) is 4.57 Å². The van der Waals surface area contributed by atoms with E-state index in [1.54, 1.807) is 13.8 Å². The Morgan fingerprint density at radius 1 is 1.42 bits per heavy atom. The summed E-state index contributed by atoms with van der Waals surface area (Å²) < 4.78 is 6.87. The molecule has 19 heavy (non-hydrogen) atoms. The van der Waals surface area contributed by atoms with Crippen LogP contribution in [0.5, 0.6) is 0 Å². The molecule has 0 saturated heterocycles. The minimum atomic E-state index is -0.934. The van der Waals surface area contributed by atoms with Crippen LogP contribution in [0.3, 0.4) is 0 Å². The third kappa shape index (κ3) is 4.17. The van der Waals surface area contributed by atoms with Crippen LogP contribution in [0.25, 0.3) is 0 Å². The van der Waals surface area contributed by atoms with Crippen molar-refractivity contribution in [1.29, 1.82) is 0 Å². The zero-order chi connectivity index (χ0) is 14.6. The Morgan fingerprint density at radius 3 is 2.58 bits per heavy atom. The van der Waals surface area contributed by atoms with Gasteiger partial charge in [0.15, 0.2) is 0 Å². The Morgan fingerprint density at radius 2 is 2.05 bits per heavy atom. The van der Waals surface area contributed by atoms with Crippen LogP contribution in [0.1, 0.15) is 30.8 Å². The fourth-order valence-electron chi connectivity index (χ4n) is 1.89. The van der Waals surface area contributed by atoms with E-state index in [9.17, 15) is 9.59 Å². The van der Waals surface area contributed by atoms with Gasteiger partial charge in [-0.15, -0.1) is 0 Å². The van der Waals surface area contributed by atoms with Gasteiger partial charge >= 0.3 is 11.7 Å². The van der Waals surface area contributed by atoms with Gasteiger partial charge in [0.1, 0.15) is 0 Å². The maximum Gasteiger partial charge on any atom is 0.348 e. The molecular weight excluding hydrogens is 248 g/mol. The van der Waals surface area contributed by atoms with Crippen molar-refractivity contribution in [1.82, 2.24) is 9.55 Å². The molecule has 0 saturated carbocycles. The van der Waals surface area contributed by atoms with Gasteiger partial charge in [-0.1, -0.05) is 0 Å². The minimum absolute atomic E-state index is 0.0907. The van der Waals surface area contributed by atoms with Crippen molar-refractivity contribution in [3.05, 3.63) is 27.4 Å². The highest BCUT2D eigenvalue weighted by Crippen LogP contribution is 2.10. The number of hydrogen-bond acceptors (Lipinski definition) is 4. The van der Waals surface area contributed by atoms with Gasteiger partial charge in [0.2, 0.25) is 0 Å². The molecule has 0 aliphatic rings. The van der Waals surface area contributed by atoms with Crippen molar-refractivity contribution >= 4 is 5.97 Å². The standard InChI is InChI=1S/C13H20N2O4/c1-8(2)19-6-5-15-10(4)11(7-12(16)17)9(3)14-13(15)18/h8H,5-7H2,1-4H3,(H,16,17). The van der Waals surface area contributed by atoms with Gasteiger partial charge in [-0.25, -0.2) is 4.79 Å². The molecule has 6 heteroatoms. The molecule has 0 aliphatic carbocycles. The van der Waals surface area contributed by atoms with Crippen molar-refractivity contribution in [2.75, 3.05) is 6.61 Å². The molecule has 0 spiro atoms. The lowest BCUT2D eigenvalue weighted by Crippen LogP contribution is -2.30. The largest absolute Gasteiger partial charge is 0.481 e. The van der Waals surface area contributed by atoms with E-state index in [4.69, 9.17) is 9.84 Å². The molecule has 1 aromatic heterocycles. The van der Waals surface area contributed by atoms with Crippen LogP contribution in [0, 0.1) is 13.8 Å². The third-order valence-electron chi connectivity index (χ3n) is 2.87. The number of carbonyl (C=O) groups is 1. The molecule has 0 radical (unpaired) electrons. The predicted molar refractivity (Wildman–Crippen MR) is 70.4 cm³/mol. The summed E-state index contributed by atoms with van der Waals surface area (Å²) in [5.41, 5.74) is 1.35. The second-order valence-corrected chi connectivity index (χ2v) is 4.69. The van der Waals surface area contributed by atoms with E-state index in [-0.39, 0.29) is 18.2 Å². The van der Waals surface area contributed by atoms with E-state index in [1.807, 2.05) is 13.8 Å². The van der Waals surface area contributed by atoms with Crippen molar-refractivity contribution in [2.45, 2.75) is 46.8 Å². The zero-order valence-electron chi connectivity index (χ0n) is 11.8. The lowest BCUT2D eigenvalue weighted by Gasteiger charge is -2.15. The molecule has 0 amide bonds. The van der Waals surface area contributed by atoms with Gasteiger partial charge in [0.05, 0.1) is 25.7 Å². The minimum Gasteiger partial charge on any atom is -0.481 e. The summed E-state index contributed by atoms with van der Waals surface area (Å²) >= 11 is 0. The molecular formula is C13H20N2O4. The highest BCUT2D eigenvalue weighted by atomic mass is 16.5. The Labute approximate surface area is 112 Å². The molecule has 0 atom stereocenters. The van der Waals surface area contributed by atoms with E-state index in [2.05, 4.69) is 4.98 Å². The number of aromatic nitrogens is 2. The first-order valence-electron chi connectivity index (χ1n) is 6.23. The summed E-state index contributed by atoms with van der Waals surface area (Å²) in [5.74, 6) is -0.934. The van der Waals surface area contributed by atoms with Crippen molar-refractivity contribution in [3.63, 3.8) is 0 Å². The molecule has 0 fully saturated rings. The van der Waals surface area contributed by atoms with Crippen LogP contribution >= 0.6 is 0 Å². The fourth-order valence-corrected chi connectivity index (χ4v) is 1.89. The van der Waals surface area contributed by atoms with Crippen LogP contribution in [-0.2, 0) is 22.5 Å². The summed E-state index contributed by atoms with van der Waals surface area (Å²) in [6, 6.07) is 0. The summed E-state index contributed by atoms with van der Waals surface area (Å²) in [6.07, 6.45) is -0.0383. The molecule has 0 aliphatic heterocycles. The number of rotatable bonds is 6. The summed E-state index contributed by atoms with van der Waals surface area (Å²) in [6.45, 7) is 8.00. The number of aliphatic carboxylic acids is 1. The molecule has 0 unspecified atom stereocenters. The number of aryl methyl sites for hydroxylation is 1. The Kier molecular flexibility index (Phi) is 5.23. The Balaban J connectivity index is 3.03. The van der Waals surface area contributed by atoms with E-state index in [0.29, 0.717) is 30.1 Å². The number of nitrogens with zero attached hydrogens (tertiary/aromatic N) is 2. The first-order chi connectivity index (χ1) is 8.82. The van der Waals surface area contributed by atoms with Crippen LogP contribution in [0.4, 0.5) is 0 Å². The molecule has 6 nitrogen and oxygen atoms in total. The highest BCUT2D eigenvalue weighted by Gasteiger charge is 2.14. The van der Waals surface area contributed by atoms with E-state index >= 15 is 0 Å². The quantitative estimate of drug-likeness (QED) is 0.829. The summed E-state index contributed by atoms with van der Waals surface area (Å²) in [5, 5.41) is 8.88. The SMILES string of the molecule is Cc1nc(=O)n(CCOC(C)C)c(C)c1CC(=O)O. The topological polar surface area (TPSA) is 81.4 Å². The van der Waals surface area contributed by atoms with Gasteiger partial charge in [-0.3, -0.25) is 9.36 Å². The van der Waals surface area contributed by atoms with Crippen molar-refractivity contribution in [3.8, 4) is 0 Å². The smallest absolute Gasteiger partial charge is 0.348 e. The Hall–Kier alpha value is -1.69. The van der Waals surface area contributed by atoms with E-state index < -0.39 is 5.97 Å². The van der Waals surface area contributed by atoms with Crippen molar-refractivity contribution in [2.24, 2.45) is 0 Å². The monoisotopic (exact) mass is 268 g/mol. The molecule has 1 aromatic rings. The second-order valence-electron chi connectivity index (χ2n) is 4.69. The summed E-state index contributed by atoms with van der Waals surface area (Å²) in [4.78, 5) is 26.5. The number of ether oxygens (including phenoxy) is 1. The first kappa shape index (κ1) is 15.4. The fraction of sp³-hybridized carbons (Fsp3) is 0.615. The van der Waals surface area contributed by atoms with Crippen LogP contribution in [-0.4, -0.2) is 33.3 Å². The van der Waals surface area contributed by atoms with Crippen LogP contribution < -0.4 is 5.69 Å². The molecule has 1 heterocycles. The van der Waals surface area contributed by atoms with Gasteiger partial charge in [-0.2, -0.15) is 4.98 Å². The third-order valence-corrected chi connectivity index (χ3v) is 2.87. The average molecular weight is 268 g/mol. The average Bonchev–Trinajstić information content (AvgIpc) is 2.28. The normalized spacial score (nSPS) is 11.0. The van der Waals surface area contributed by atoms with Gasteiger partial charge in [0, 0.05) is 17.0 Å². The Bertz CT molecular complexity index is 520. The van der Waals surface area contributed by atoms with Crippen LogP contribution in [0.15, 0.2) is 4.79 Å². The second kappa shape index (κ2) is 6.47. The van der Waals surface area contributed by atoms with Gasteiger partial charge in [-0.05, 0) is 27.7 Å². The van der Waals surface area contributed by atoms with Gasteiger partial charge in [0.25, 0.3) is 0 Å². The predicted octanol–water partition coefficient (Wildman–Crippen LogP) is 0.912. The van der Waals surface area contributed by atoms with Gasteiger partial charge < -0.3 is 9.84 Å². The number of carboxylic acids is 1. The zero-order valence-corrected chi connectivity index (χ0v) is 11.8. The first-order valence-corrected chi connectivity index (χ1v) is 6.23. The molecule has 106 valence electrons. The maximum atomic E-state index is 11.8. The lowest BCUT2D eigenvalue weighted by molar-refractivity contribution is -0.136. The molecule has 1 rings (SSSR count).